The van der Waals surface area contributed by atoms with Crippen LogP contribution in [0.2, 0.25) is 0 Å². The monoisotopic (exact) mass is 333 g/mol. The molecule has 8 heteroatoms. The Labute approximate surface area is 131 Å². The molecule has 1 heterocycles. The van der Waals surface area contributed by atoms with Gasteiger partial charge in [0.2, 0.25) is 0 Å². The molecular formula is C15H18F3NO4. The molecule has 1 aromatic rings. The third-order valence-corrected chi connectivity index (χ3v) is 3.79. The van der Waals surface area contributed by atoms with Crippen molar-refractivity contribution in [2.24, 2.45) is 0 Å². The lowest BCUT2D eigenvalue weighted by molar-refractivity contribution is -0.0662. The summed E-state index contributed by atoms with van der Waals surface area (Å²) in [5.74, 6) is -1.82. The van der Waals surface area contributed by atoms with Gasteiger partial charge in [-0.25, -0.2) is 4.39 Å². The quantitative estimate of drug-likeness (QED) is 0.896. The predicted molar refractivity (Wildman–Crippen MR) is 75.0 cm³/mol. The van der Waals surface area contributed by atoms with E-state index in [1.165, 1.54) is 12.0 Å². The van der Waals surface area contributed by atoms with Crippen LogP contribution in [0.1, 0.15) is 23.2 Å². The van der Waals surface area contributed by atoms with Crippen molar-refractivity contribution < 1.29 is 32.5 Å². The molecule has 23 heavy (non-hydrogen) atoms. The van der Waals surface area contributed by atoms with E-state index in [1.807, 2.05) is 0 Å². The van der Waals surface area contributed by atoms with Gasteiger partial charge in [0, 0.05) is 26.3 Å². The molecule has 0 spiro atoms. The van der Waals surface area contributed by atoms with E-state index in [0.29, 0.717) is 12.8 Å². The fourth-order valence-corrected chi connectivity index (χ4v) is 2.55. The van der Waals surface area contributed by atoms with E-state index in [2.05, 4.69) is 4.74 Å². The molecule has 0 atom stereocenters. The molecule has 128 valence electrons. The Bertz CT molecular complexity index is 560. The highest BCUT2D eigenvalue weighted by Crippen LogP contribution is 2.25. The summed E-state index contributed by atoms with van der Waals surface area (Å²) < 4.78 is 47.1. The number of halogens is 3. The van der Waals surface area contributed by atoms with Crippen molar-refractivity contribution in [2.75, 3.05) is 26.8 Å². The van der Waals surface area contributed by atoms with Gasteiger partial charge in [0.15, 0.2) is 0 Å². The van der Waals surface area contributed by atoms with Crippen molar-refractivity contribution in [1.29, 1.82) is 0 Å². The predicted octanol–water partition coefficient (Wildman–Crippen LogP) is 2.04. The number of rotatable bonds is 5. The number of alkyl halides is 2. The molecule has 0 saturated carbocycles. The topological polar surface area (TPSA) is 59.0 Å². The summed E-state index contributed by atoms with van der Waals surface area (Å²) in [5, 5.41) is 10.2. The average Bonchev–Trinajstić information content (AvgIpc) is 2.47. The third kappa shape index (κ3) is 4.35. The maximum atomic E-state index is 13.9. The number of benzene rings is 1. The van der Waals surface area contributed by atoms with Crippen molar-refractivity contribution in [1.82, 2.24) is 4.90 Å². The molecule has 1 fully saturated rings. The van der Waals surface area contributed by atoms with Crippen LogP contribution in [0.25, 0.3) is 0 Å². The first-order valence-corrected chi connectivity index (χ1v) is 7.09. The number of amides is 1. The Morgan fingerprint density at radius 2 is 2.04 bits per heavy atom. The molecule has 5 nitrogen and oxygen atoms in total. The number of likely N-dealkylation sites (tertiary alicyclic amines) is 1. The molecule has 2 rings (SSSR count). The molecule has 1 amide bonds. The van der Waals surface area contributed by atoms with Gasteiger partial charge in [0.1, 0.15) is 11.6 Å². The normalized spacial score (nSPS) is 17.4. The van der Waals surface area contributed by atoms with Gasteiger partial charge < -0.3 is 19.5 Å². The Morgan fingerprint density at radius 3 is 2.57 bits per heavy atom. The second-order valence-corrected chi connectivity index (χ2v) is 5.47. The summed E-state index contributed by atoms with van der Waals surface area (Å²) in [6, 6.07) is 2.99. The summed E-state index contributed by atoms with van der Waals surface area (Å²) in [6.45, 7) is -2.37. The first-order valence-electron chi connectivity index (χ1n) is 7.09. The highest BCUT2D eigenvalue weighted by Gasteiger charge is 2.34. The number of piperidine rings is 1. The van der Waals surface area contributed by atoms with Gasteiger partial charge in [0.05, 0.1) is 17.8 Å². The standard InChI is InChI=1S/C15H18F3NO4/c1-22-9-15(21)4-6-19(7-5-15)13(20)11-3-2-10(8-12(11)16)23-14(17)18/h2-3,8,14,21H,4-7,9H2,1H3. The Hall–Kier alpha value is -1.80. The second kappa shape index (κ2) is 7.18. The van der Waals surface area contributed by atoms with Crippen LogP contribution in [-0.4, -0.2) is 54.9 Å². The van der Waals surface area contributed by atoms with Crippen molar-refractivity contribution in [3.05, 3.63) is 29.6 Å². The van der Waals surface area contributed by atoms with Crippen LogP contribution >= 0.6 is 0 Å². The molecule has 0 radical (unpaired) electrons. The lowest BCUT2D eigenvalue weighted by atomic mass is 9.92. The minimum absolute atomic E-state index is 0.170. The average molecular weight is 333 g/mol. The number of methoxy groups -OCH3 is 1. The van der Waals surface area contributed by atoms with E-state index in [-0.39, 0.29) is 31.0 Å². The number of hydrogen-bond donors (Lipinski definition) is 1. The maximum absolute atomic E-state index is 13.9. The Kier molecular flexibility index (Phi) is 5.48. The fourth-order valence-electron chi connectivity index (χ4n) is 2.55. The van der Waals surface area contributed by atoms with Gasteiger partial charge in [-0.15, -0.1) is 0 Å². The van der Waals surface area contributed by atoms with Crippen LogP contribution in [0.15, 0.2) is 18.2 Å². The smallest absolute Gasteiger partial charge is 0.387 e. The lowest BCUT2D eigenvalue weighted by Gasteiger charge is -2.37. The summed E-state index contributed by atoms with van der Waals surface area (Å²) in [6.07, 6.45) is 0.640. The van der Waals surface area contributed by atoms with Crippen molar-refractivity contribution >= 4 is 5.91 Å². The first kappa shape index (κ1) is 17.6. The molecule has 1 aliphatic rings. The van der Waals surface area contributed by atoms with Gasteiger partial charge in [-0.2, -0.15) is 8.78 Å². The highest BCUT2D eigenvalue weighted by atomic mass is 19.3. The number of carbonyl (C=O) groups is 1. The van der Waals surface area contributed by atoms with E-state index in [0.717, 1.165) is 18.2 Å². The molecule has 0 bridgehead atoms. The maximum Gasteiger partial charge on any atom is 0.387 e. The summed E-state index contributed by atoms with van der Waals surface area (Å²) in [5.41, 5.74) is -1.21. The number of hydrogen-bond acceptors (Lipinski definition) is 4. The highest BCUT2D eigenvalue weighted by molar-refractivity contribution is 5.94. The van der Waals surface area contributed by atoms with Gasteiger partial charge in [-0.3, -0.25) is 4.79 Å². The zero-order valence-electron chi connectivity index (χ0n) is 12.6. The number of nitrogens with zero attached hydrogens (tertiary/aromatic N) is 1. The van der Waals surface area contributed by atoms with Gasteiger partial charge in [0.25, 0.3) is 5.91 Å². The van der Waals surface area contributed by atoms with Crippen LogP contribution < -0.4 is 4.74 Å². The van der Waals surface area contributed by atoms with Gasteiger partial charge in [-0.1, -0.05) is 0 Å². The van der Waals surface area contributed by atoms with Crippen molar-refractivity contribution in [2.45, 2.75) is 25.1 Å². The molecule has 1 aromatic carbocycles. The van der Waals surface area contributed by atoms with Crippen LogP contribution in [0.5, 0.6) is 5.75 Å². The number of ether oxygens (including phenoxy) is 2. The third-order valence-electron chi connectivity index (χ3n) is 3.79. The van der Waals surface area contributed by atoms with Crippen LogP contribution in [0, 0.1) is 5.82 Å². The van der Waals surface area contributed by atoms with Crippen molar-refractivity contribution in [3.63, 3.8) is 0 Å². The number of aliphatic hydroxyl groups is 1. The molecule has 0 aliphatic carbocycles. The van der Waals surface area contributed by atoms with Crippen LogP contribution in [0.3, 0.4) is 0 Å². The SMILES string of the molecule is COCC1(O)CCN(C(=O)c2ccc(OC(F)F)cc2F)CC1. The summed E-state index contributed by atoms with van der Waals surface area (Å²) in [7, 11) is 1.48. The van der Waals surface area contributed by atoms with E-state index < -0.39 is 23.9 Å². The zero-order valence-corrected chi connectivity index (χ0v) is 12.6. The molecule has 0 unspecified atom stereocenters. The first-order chi connectivity index (χ1) is 10.8. The van der Waals surface area contributed by atoms with E-state index in [4.69, 9.17) is 4.74 Å². The Balaban J connectivity index is 2.04. The summed E-state index contributed by atoms with van der Waals surface area (Å²) in [4.78, 5) is 13.7. The van der Waals surface area contributed by atoms with Crippen LogP contribution in [-0.2, 0) is 4.74 Å². The minimum Gasteiger partial charge on any atom is -0.435 e. The molecule has 1 saturated heterocycles. The zero-order chi connectivity index (χ0) is 17.0. The van der Waals surface area contributed by atoms with Gasteiger partial charge in [-0.05, 0) is 25.0 Å². The fraction of sp³-hybridized carbons (Fsp3) is 0.533. The second-order valence-electron chi connectivity index (χ2n) is 5.47. The molecule has 1 N–H and O–H groups in total. The van der Waals surface area contributed by atoms with E-state index >= 15 is 0 Å². The molecule has 0 aromatic heterocycles. The van der Waals surface area contributed by atoms with Crippen LogP contribution in [0.4, 0.5) is 13.2 Å². The van der Waals surface area contributed by atoms with Gasteiger partial charge >= 0.3 is 6.61 Å². The number of carbonyl (C=O) groups excluding carboxylic acids is 1. The summed E-state index contributed by atoms with van der Waals surface area (Å²) >= 11 is 0. The Morgan fingerprint density at radius 1 is 1.39 bits per heavy atom. The molecular weight excluding hydrogens is 315 g/mol. The van der Waals surface area contributed by atoms with E-state index in [9.17, 15) is 23.1 Å². The van der Waals surface area contributed by atoms with Crippen molar-refractivity contribution in [3.8, 4) is 5.75 Å². The minimum atomic E-state index is -3.06. The van der Waals surface area contributed by atoms with E-state index in [1.54, 1.807) is 0 Å². The lowest BCUT2D eigenvalue weighted by Crippen LogP contribution is -2.49. The molecule has 1 aliphatic heterocycles. The largest absolute Gasteiger partial charge is 0.435 e.